The Labute approximate surface area is 113 Å². The first-order valence-electron chi connectivity index (χ1n) is 6.70. The zero-order valence-corrected chi connectivity index (χ0v) is 11.6. The molecule has 0 aromatic rings. The molecule has 3 unspecified atom stereocenters. The van der Waals surface area contributed by atoms with E-state index in [2.05, 4.69) is 4.90 Å². The highest BCUT2D eigenvalue weighted by Crippen LogP contribution is 2.31. The summed E-state index contributed by atoms with van der Waals surface area (Å²) in [6.45, 7) is 2.89. The van der Waals surface area contributed by atoms with Crippen molar-refractivity contribution >= 4 is 5.97 Å². The molecule has 0 aliphatic carbocycles. The molecule has 0 aromatic heterocycles. The van der Waals surface area contributed by atoms with Gasteiger partial charge >= 0.3 is 5.97 Å². The van der Waals surface area contributed by atoms with Crippen LogP contribution < -0.4 is 0 Å². The standard InChI is InChI=1S/C13H23NO5/c1-17-10-6-14(7-11(10)18-2)8-13(12(15)16)4-3-5-19-9-13/h10-11H,3-9H2,1-2H3,(H,15,16). The summed E-state index contributed by atoms with van der Waals surface area (Å²) < 4.78 is 16.2. The van der Waals surface area contributed by atoms with Crippen LogP contribution in [0.1, 0.15) is 12.8 Å². The van der Waals surface area contributed by atoms with E-state index in [1.165, 1.54) is 0 Å². The molecule has 0 aromatic carbocycles. The molecule has 2 aliphatic rings. The molecule has 2 heterocycles. The van der Waals surface area contributed by atoms with Gasteiger partial charge in [0, 0.05) is 40.5 Å². The minimum absolute atomic E-state index is 0.0142. The Morgan fingerprint density at radius 1 is 1.37 bits per heavy atom. The molecule has 6 nitrogen and oxygen atoms in total. The van der Waals surface area contributed by atoms with Crippen LogP contribution in [-0.2, 0) is 19.0 Å². The lowest BCUT2D eigenvalue weighted by molar-refractivity contribution is -0.159. The molecule has 0 saturated carbocycles. The summed E-state index contributed by atoms with van der Waals surface area (Å²) in [5, 5.41) is 9.53. The topological polar surface area (TPSA) is 68.2 Å². The average molecular weight is 273 g/mol. The van der Waals surface area contributed by atoms with E-state index in [0.717, 1.165) is 6.42 Å². The molecule has 2 fully saturated rings. The van der Waals surface area contributed by atoms with Gasteiger partial charge in [0.2, 0.25) is 0 Å². The van der Waals surface area contributed by atoms with E-state index in [1.807, 2.05) is 0 Å². The first-order chi connectivity index (χ1) is 9.11. The molecular formula is C13H23NO5. The molecule has 0 spiro atoms. The summed E-state index contributed by atoms with van der Waals surface area (Å²) in [6.07, 6.45) is 1.51. The van der Waals surface area contributed by atoms with Crippen molar-refractivity contribution in [2.45, 2.75) is 25.0 Å². The monoisotopic (exact) mass is 273 g/mol. The number of hydrogen-bond acceptors (Lipinski definition) is 5. The normalized spacial score (nSPS) is 36.5. The van der Waals surface area contributed by atoms with Gasteiger partial charge in [-0.1, -0.05) is 0 Å². The fraction of sp³-hybridized carbons (Fsp3) is 0.923. The van der Waals surface area contributed by atoms with Gasteiger partial charge < -0.3 is 19.3 Å². The van der Waals surface area contributed by atoms with Crippen molar-refractivity contribution in [3.8, 4) is 0 Å². The van der Waals surface area contributed by atoms with Gasteiger partial charge in [-0.25, -0.2) is 0 Å². The zero-order chi connectivity index (χ0) is 13.9. The second kappa shape index (κ2) is 6.17. The molecule has 0 bridgehead atoms. The fourth-order valence-electron chi connectivity index (χ4n) is 3.04. The third-order valence-corrected chi connectivity index (χ3v) is 4.20. The van der Waals surface area contributed by atoms with Crippen LogP contribution in [0.5, 0.6) is 0 Å². The third kappa shape index (κ3) is 3.08. The van der Waals surface area contributed by atoms with Crippen molar-refractivity contribution in [3.63, 3.8) is 0 Å². The zero-order valence-electron chi connectivity index (χ0n) is 11.6. The Morgan fingerprint density at radius 3 is 2.42 bits per heavy atom. The predicted octanol–water partition coefficient (Wildman–Crippen LogP) is 0.213. The van der Waals surface area contributed by atoms with Crippen molar-refractivity contribution in [2.24, 2.45) is 5.41 Å². The molecular weight excluding hydrogens is 250 g/mol. The predicted molar refractivity (Wildman–Crippen MR) is 68.2 cm³/mol. The molecule has 2 rings (SSSR count). The maximum atomic E-state index is 11.6. The number of ether oxygens (including phenoxy) is 3. The lowest BCUT2D eigenvalue weighted by Crippen LogP contribution is -2.48. The Bertz CT molecular complexity index is 304. The van der Waals surface area contributed by atoms with E-state index in [9.17, 15) is 9.90 Å². The molecule has 2 saturated heterocycles. The van der Waals surface area contributed by atoms with Gasteiger partial charge in [0.25, 0.3) is 0 Å². The van der Waals surface area contributed by atoms with Crippen LogP contribution in [0.3, 0.4) is 0 Å². The van der Waals surface area contributed by atoms with E-state index in [4.69, 9.17) is 14.2 Å². The minimum atomic E-state index is -0.779. The van der Waals surface area contributed by atoms with Crippen LogP contribution in [0.2, 0.25) is 0 Å². The van der Waals surface area contributed by atoms with Gasteiger partial charge in [-0.15, -0.1) is 0 Å². The Kier molecular flexibility index (Phi) is 4.78. The minimum Gasteiger partial charge on any atom is -0.481 e. The number of likely N-dealkylation sites (tertiary alicyclic amines) is 1. The van der Waals surface area contributed by atoms with Crippen molar-refractivity contribution < 1.29 is 24.1 Å². The van der Waals surface area contributed by atoms with Gasteiger partial charge in [-0.05, 0) is 12.8 Å². The van der Waals surface area contributed by atoms with E-state index in [1.54, 1.807) is 14.2 Å². The van der Waals surface area contributed by atoms with Gasteiger partial charge in [0.1, 0.15) is 5.41 Å². The summed E-state index contributed by atoms with van der Waals surface area (Å²) >= 11 is 0. The summed E-state index contributed by atoms with van der Waals surface area (Å²) in [5.41, 5.74) is -0.779. The largest absolute Gasteiger partial charge is 0.481 e. The van der Waals surface area contributed by atoms with Crippen LogP contribution >= 0.6 is 0 Å². The summed E-state index contributed by atoms with van der Waals surface area (Å²) in [7, 11) is 3.33. The van der Waals surface area contributed by atoms with E-state index in [-0.39, 0.29) is 12.2 Å². The van der Waals surface area contributed by atoms with Gasteiger partial charge in [0.15, 0.2) is 0 Å². The molecule has 1 N–H and O–H groups in total. The number of aliphatic carboxylic acids is 1. The van der Waals surface area contributed by atoms with Gasteiger partial charge in [-0.3, -0.25) is 9.69 Å². The maximum Gasteiger partial charge on any atom is 0.313 e. The van der Waals surface area contributed by atoms with Crippen LogP contribution in [0.15, 0.2) is 0 Å². The second-order valence-corrected chi connectivity index (χ2v) is 5.48. The first-order valence-corrected chi connectivity index (χ1v) is 6.70. The maximum absolute atomic E-state index is 11.6. The fourth-order valence-corrected chi connectivity index (χ4v) is 3.04. The van der Waals surface area contributed by atoms with Crippen LogP contribution in [-0.4, -0.2) is 75.3 Å². The third-order valence-electron chi connectivity index (χ3n) is 4.20. The summed E-state index contributed by atoms with van der Waals surface area (Å²) in [4.78, 5) is 13.7. The Hall–Kier alpha value is -0.690. The van der Waals surface area contributed by atoms with Crippen LogP contribution in [0, 0.1) is 5.41 Å². The number of carboxylic acids is 1. The van der Waals surface area contributed by atoms with Crippen molar-refractivity contribution in [1.82, 2.24) is 4.90 Å². The first kappa shape index (κ1) is 14.7. The lowest BCUT2D eigenvalue weighted by Gasteiger charge is -2.36. The Morgan fingerprint density at radius 2 is 2.00 bits per heavy atom. The number of carboxylic acid groups (broad SMARTS) is 1. The van der Waals surface area contributed by atoms with Gasteiger partial charge in [0.05, 0.1) is 18.8 Å². The smallest absolute Gasteiger partial charge is 0.313 e. The highest BCUT2D eigenvalue weighted by molar-refractivity contribution is 5.75. The molecule has 110 valence electrons. The number of nitrogens with zero attached hydrogens (tertiary/aromatic N) is 1. The Balaban J connectivity index is 2.00. The van der Waals surface area contributed by atoms with Crippen LogP contribution in [0.4, 0.5) is 0 Å². The van der Waals surface area contributed by atoms with Crippen molar-refractivity contribution in [1.29, 1.82) is 0 Å². The lowest BCUT2D eigenvalue weighted by atomic mass is 9.82. The molecule has 6 heteroatoms. The van der Waals surface area contributed by atoms with Crippen molar-refractivity contribution in [2.75, 3.05) is 47.1 Å². The van der Waals surface area contributed by atoms with Crippen LogP contribution in [0.25, 0.3) is 0 Å². The molecule has 3 atom stereocenters. The van der Waals surface area contributed by atoms with E-state index < -0.39 is 11.4 Å². The van der Waals surface area contributed by atoms with Gasteiger partial charge in [-0.2, -0.15) is 0 Å². The highest BCUT2D eigenvalue weighted by Gasteiger charge is 2.45. The second-order valence-electron chi connectivity index (χ2n) is 5.48. The molecule has 2 aliphatic heterocycles. The SMILES string of the molecule is COC1CN(CC2(C(=O)O)CCCOC2)CC1OC. The molecule has 0 radical (unpaired) electrons. The molecule has 19 heavy (non-hydrogen) atoms. The van der Waals surface area contributed by atoms with Crippen molar-refractivity contribution in [3.05, 3.63) is 0 Å². The molecule has 0 amide bonds. The average Bonchev–Trinajstić information content (AvgIpc) is 2.81. The highest BCUT2D eigenvalue weighted by atomic mass is 16.5. The number of hydrogen-bond donors (Lipinski definition) is 1. The number of carbonyl (C=O) groups is 1. The van der Waals surface area contributed by atoms with E-state index >= 15 is 0 Å². The van der Waals surface area contributed by atoms with E-state index in [0.29, 0.717) is 39.3 Å². The number of methoxy groups -OCH3 is 2. The quantitative estimate of drug-likeness (QED) is 0.772. The summed E-state index contributed by atoms with van der Waals surface area (Å²) in [6, 6.07) is 0. The number of rotatable bonds is 5. The summed E-state index contributed by atoms with van der Waals surface area (Å²) in [5.74, 6) is -0.762.